The molecule has 1 fully saturated rings. The third-order valence-corrected chi connectivity index (χ3v) is 4.83. The Morgan fingerprint density at radius 1 is 0.926 bits per heavy atom. The predicted molar refractivity (Wildman–Crippen MR) is 104 cm³/mol. The van der Waals surface area contributed by atoms with Crippen LogP contribution in [0.15, 0.2) is 24.3 Å². The van der Waals surface area contributed by atoms with Crippen molar-refractivity contribution in [1.29, 1.82) is 0 Å². The van der Waals surface area contributed by atoms with E-state index >= 15 is 0 Å². The van der Waals surface area contributed by atoms with Crippen LogP contribution in [0, 0.1) is 20.8 Å². The van der Waals surface area contributed by atoms with Crippen molar-refractivity contribution >= 4 is 23.3 Å². The first kappa shape index (κ1) is 18.8. The molecule has 2 heterocycles. The number of nitrogens with zero attached hydrogens (tertiary/aromatic N) is 4. The molecular weight excluding hydrogens is 342 g/mol. The van der Waals surface area contributed by atoms with E-state index in [-0.39, 0.29) is 11.8 Å². The maximum Gasteiger partial charge on any atom is 0.274 e. The number of rotatable bonds is 3. The summed E-state index contributed by atoms with van der Waals surface area (Å²) in [6.45, 7) is 9.86. The number of carbonyl (C=O) groups excluding carboxylic acids is 2. The van der Waals surface area contributed by atoms with E-state index in [1.165, 1.54) is 5.56 Å². The third kappa shape index (κ3) is 4.24. The van der Waals surface area contributed by atoms with Gasteiger partial charge in [-0.15, -0.1) is 10.2 Å². The average molecular weight is 367 g/mol. The molecule has 2 amide bonds. The molecule has 2 aromatic rings. The van der Waals surface area contributed by atoms with E-state index in [2.05, 4.69) is 34.6 Å². The van der Waals surface area contributed by atoms with E-state index in [1.807, 2.05) is 13.8 Å². The van der Waals surface area contributed by atoms with Gasteiger partial charge in [-0.1, -0.05) is 17.7 Å². The Morgan fingerprint density at radius 3 is 2.04 bits per heavy atom. The highest BCUT2D eigenvalue weighted by molar-refractivity contribution is 5.92. The normalized spacial score (nSPS) is 14.2. The Kier molecular flexibility index (Phi) is 5.39. The fourth-order valence-electron chi connectivity index (χ4n) is 3.40. The summed E-state index contributed by atoms with van der Waals surface area (Å²) < 4.78 is 0. The molecule has 0 saturated carbocycles. The van der Waals surface area contributed by atoms with Gasteiger partial charge in [0.2, 0.25) is 5.91 Å². The number of anilines is 2. The Balaban J connectivity index is 1.67. The number of hydrogen-bond acceptors (Lipinski definition) is 5. The fourth-order valence-corrected chi connectivity index (χ4v) is 3.40. The van der Waals surface area contributed by atoms with Crippen molar-refractivity contribution in [3.63, 3.8) is 0 Å². The number of carbonyl (C=O) groups is 2. The highest BCUT2D eigenvalue weighted by atomic mass is 16.2. The molecule has 0 radical (unpaired) electrons. The number of nitrogens with one attached hydrogen (secondary N) is 1. The molecular formula is C20H25N5O2. The summed E-state index contributed by atoms with van der Waals surface area (Å²) in [4.78, 5) is 27.4. The maximum atomic E-state index is 12.6. The van der Waals surface area contributed by atoms with Crippen LogP contribution in [-0.4, -0.2) is 58.0 Å². The van der Waals surface area contributed by atoms with Crippen LogP contribution in [0.1, 0.15) is 34.1 Å². The predicted octanol–water partition coefficient (Wildman–Crippen LogP) is 2.45. The lowest BCUT2D eigenvalue weighted by Gasteiger charge is -2.33. The molecule has 0 spiro atoms. The van der Waals surface area contributed by atoms with Crippen LogP contribution in [0.2, 0.25) is 0 Å². The van der Waals surface area contributed by atoms with Crippen LogP contribution in [0.3, 0.4) is 0 Å². The molecule has 1 N–H and O–H groups in total. The van der Waals surface area contributed by atoms with Gasteiger partial charge in [0.25, 0.3) is 5.91 Å². The van der Waals surface area contributed by atoms with Crippen LogP contribution < -0.4 is 5.32 Å². The van der Waals surface area contributed by atoms with Crippen molar-refractivity contribution in [2.45, 2.75) is 27.7 Å². The molecule has 0 unspecified atom stereocenters. The summed E-state index contributed by atoms with van der Waals surface area (Å²) in [5.74, 6) is 0.488. The summed E-state index contributed by atoms with van der Waals surface area (Å²) in [6.07, 6.45) is 0. The van der Waals surface area contributed by atoms with Gasteiger partial charge in [0.15, 0.2) is 11.5 Å². The number of hydrogen-bond donors (Lipinski definition) is 1. The van der Waals surface area contributed by atoms with E-state index < -0.39 is 0 Å². The van der Waals surface area contributed by atoms with Crippen LogP contribution in [0.4, 0.5) is 11.5 Å². The van der Waals surface area contributed by atoms with E-state index in [9.17, 15) is 9.59 Å². The van der Waals surface area contributed by atoms with Gasteiger partial charge in [-0.25, -0.2) is 0 Å². The van der Waals surface area contributed by atoms with E-state index in [4.69, 9.17) is 0 Å². The zero-order valence-corrected chi connectivity index (χ0v) is 16.2. The molecule has 1 aliphatic rings. The van der Waals surface area contributed by atoms with Crippen molar-refractivity contribution in [3.8, 4) is 0 Å². The second-order valence-corrected chi connectivity index (χ2v) is 7.00. The van der Waals surface area contributed by atoms with Crippen molar-refractivity contribution in [1.82, 2.24) is 20.0 Å². The molecule has 27 heavy (non-hydrogen) atoms. The molecule has 1 aromatic heterocycles. The van der Waals surface area contributed by atoms with Gasteiger partial charge in [-0.2, -0.15) is 0 Å². The lowest BCUT2D eigenvalue weighted by molar-refractivity contribution is -0.130. The lowest BCUT2D eigenvalue weighted by Crippen LogP contribution is -2.50. The quantitative estimate of drug-likeness (QED) is 0.902. The number of amides is 2. The summed E-state index contributed by atoms with van der Waals surface area (Å²) >= 11 is 0. The first-order valence-corrected chi connectivity index (χ1v) is 9.08. The minimum Gasteiger partial charge on any atom is -0.339 e. The zero-order chi connectivity index (χ0) is 19.6. The van der Waals surface area contributed by atoms with Gasteiger partial charge in [0.1, 0.15) is 0 Å². The second kappa shape index (κ2) is 7.73. The number of aromatic nitrogens is 2. The smallest absolute Gasteiger partial charge is 0.274 e. The summed E-state index contributed by atoms with van der Waals surface area (Å²) in [7, 11) is 0. The molecule has 0 bridgehead atoms. The van der Waals surface area contributed by atoms with Gasteiger partial charge < -0.3 is 15.1 Å². The molecule has 3 rings (SSSR count). The molecule has 0 aliphatic carbocycles. The van der Waals surface area contributed by atoms with Gasteiger partial charge in [-0.05, 0) is 44.0 Å². The molecule has 7 nitrogen and oxygen atoms in total. The Labute approximate surface area is 159 Å². The molecule has 1 aromatic carbocycles. The van der Waals surface area contributed by atoms with Gasteiger partial charge in [-0.3, -0.25) is 9.59 Å². The second-order valence-electron chi connectivity index (χ2n) is 7.00. The Hall–Kier alpha value is -2.96. The summed E-state index contributed by atoms with van der Waals surface area (Å²) in [5.41, 5.74) is 4.81. The average Bonchev–Trinajstić information content (AvgIpc) is 2.64. The first-order valence-electron chi connectivity index (χ1n) is 9.08. The van der Waals surface area contributed by atoms with E-state index in [0.717, 1.165) is 16.8 Å². The van der Waals surface area contributed by atoms with Crippen molar-refractivity contribution in [2.75, 3.05) is 31.5 Å². The SMILES string of the molecule is CC(=O)N1CCN(C(=O)c2ccc(Nc3c(C)cc(C)cc3C)nn2)CC1. The largest absolute Gasteiger partial charge is 0.339 e. The molecule has 1 aliphatic heterocycles. The lowest BCUT2D eigenvalue weighted by atomic mass is 10.1. The molecule has 7 heteroatoms. The minimum atomic E-state index is -0.153. The van der Waals surface area contributed by atoms with Crippen LogP contribution in [0.25, 0.3) is 0 Å². The van der Waals surface area contributed by atoms with Crippen molar-refractivity contribution in [3.05, 3.63) is 46.6 Å². The number of aryl methyl sites for hydroxylation is 3. The van der Waals surface area contributed by atoms with Gasteiger partial charge >= 0.3 is 0 Å². The first-order chi connectivity index (χ1) is 12.8. The van der Waals surface area contributed by atoms with Crippen molar-refractivity contribution < 1.29 is 9.59 Å². The van der Waals surface area contributed by atoms with E-state index in [1.54, 1.807) is 28.9 Å². The highest BCUT2D eigenvalue weighted by Gasteiger charge is 2.24. The summed E-state index contributed by atoms with van der Waals surface area (Å²) in [5, 5.41) is 11.6. The van der Waals surface area contributed by atoms with Gasteiger partial charge in [0.05, 0.1) is 0 Å². The van der Waals surface area contributed by atoms with Crippen LogP contribution >= 0.6 is 0 Å². The fraction of sp³-hybridized carbons (Fsp3) is 0.400. The third-order valence-electron chi connectivity index (χ3n) is 4.83. The molecule has 142 valence electrons. The monoisotopic (exact) mass is 367 g/mol. The molecule has 1 saturated heterocycles. The number of benzene rings is 1. The maximum absolute atomic E-state index is 12.6. The number of piperazine rings is 1. The van der Waals surface area contributed by atoms with Crippen molar-refractivity contribution in [2.24, 2.45) is 0 Å². The van der Waals surface area contributed by atoms with Gasteiger partial charge in [0, 0.05) is 38.8 Å². The molecule has 0 atom stereocenters. The van der Waals surface area contributed by atoms with E-state index in [0.29, 0.717) is 37.7 Å². The zero-order valence-electron chi connectivity index (χ0n) is 16.2. The standard InChI is InChI=1S/C20H25N5O2/c1-13-11-14(2)19(15(3)12-13)21-18-6-5-17(22-23-18)20(27)25-9-7-24(8-10-25)16(4)26/h5-6,11-12H,7-10H2,1-4H3,(H,21,23). The topological polar surface area (TPSA) is 78.4 Å². The Bertz CT molecular complexity index is 832. The highest BCUT2D eigenvalue weighted by Crippen LogP contribution is 2.24. The Morgan fingerprint density at radius 2 is 1.52 bits per heavy atom. The summed E-state index contributed by atoms with van der Waals surface area (Å²) in [6, 6.07) is 7.68. The minimum absolute atomic E-state index is 0.0408. The van der Waals surface area contributed by atoms with Crippen LogP contribution in [-0.2, 0) is 4.79 Å². The van der Waals surface area contributed by atoms with Crippen LogP contribution in [0.5, 0.6) is 0 Å².